The molecule has 0 saturated heterocycles. The summed E-state index contributed by atoms with van der Waals surface area (Å²) in [4.78, 5) is 12.8. The number of carbonyl (C=O) groups excluding carboxylic acids is 1. The molecule has 0 aliphatic carbocycles. The third-order valence-electron chi connectivity index (χ3n) is 2.95. The van der Waals surface area contributed by atoms with Crippen molar-refractivity contribution in [2.75, 3.05) is 25.3 Å². The second-order valence-electron chi connectivity index (χ2n) is 4.45. The van der Waals surface area contributed by atoms with Crippen LogP contribution in [-0.2, 0) is 4.79 Å². The van der Waals surface area contributed by atoms with Gasteiger partial charge in [-0.15, -0.1) is 11.8 Å². The molecule has 0 aliphatic heterocycles. The van der Waals surface area contributed by atoms with Gasteiger partial charge < -0.3 is 14.8 Å². The molecule has 0 heterocycles. The molecule has 1 N–H and O–H groups in total. The van der Waals surface area contributed by atoms with Crippen LogP contribution in [0.2, 0.25) is 10.0 Å². The first-order valence-corrected chi connectivity index (χ1v) is 8.38. The van der Waals surface area contributed by atoms with Crippen LogP contribution in [0.1, 0.15) is 0 Å². The van der Waals surface area contributed by atoms with E-state index in [1.807, 2.05) is 0 Å². The molecular formula is C16H15Cl2NO3S. The molecule has 2 aromatic carbocycles. The van der Waals surface area contributed by atoms with Gasteiger partial charge in [0.25, 0.3) is 0 Å². The van der Waals surface area contributed by atoms with Crippen LogP contribution < -0.4 is 14.8 Å². The van der Waals surface area contributed by atoms with Gasteiger partial charge in [0.05, 0.1) is 35.7 Å². The summed E-state index contributed by atoms with van der Waals surface area (Å²) in [6, 6.07) is 10.4. The summed E-state index contributed by atoms with van der Waals surface area (Å²) in [5.74, 6) is 1.17. The zero-order valence-corrected chi connectivity index (χ0v) is 14.9. The van der Waals surface area contributed by atoms with E-state index in [4.69, 9.17) is 32.7 Å². The van der Waals surface area contributed by atoms with Crippen molar-refractivity contribution in [3.8, 4) is 11.5 Å². The van der Waals surface area contributed by atoms with Gasteiger partial charge in [0.15, 0.2) is 0 Å². The molecule has 0 spiro atoms. The number of hydrogen-bond acceptors (Lipinski definition) is 4. The first-order chi connectivity index (χ1) is 11.0. The molecule has 0 bridgehead atoms. The Morgan fingerprint density at radius 3 is 2.43 bits per heavy atom. The van der Waals surface area contributed by atoms with Gasteiger partial charge in [-0.3, -0.25) is 4.79 Å². The number of benzene rings is 2. The van der Waals surface area contributed by atoms with Crippen molar-refractivity contribution in [2.24, 2.45) is 0 Å². The molecule has 2 aromatic rings. The Balaban J connectivity index is 2.03. The molecule has 4 nitrogen and oxygen atoms in total. The largest absolute Gasteiger partial charge is 0.497 e. The number of carbonyl (C=O) groups is 1. The van der Waals surface area contributed by atoms with E-state index in [1.54, 1.807) is 43.5 Å². The van der Waals surface area contributed by atoms with E-state index >= 15 is 0 Å². The van der Waals surface area contributed by atoms with Gasteiger partial charge in [0, 0.05) is 11.0 Å². The summed E-state index contributed by atoms with van der Waals surface area (Å²) in [5, 5.41) is 3.85. The fourth-order valence-electron chi connectivity index (χ4n) is 1.85. The molecule has 7 heteroatoms. The second kappa shape index (κ2) is 8.34. The Hall–Kier alpha value is -1.56. The molecule has 23 heavy (non-hydrogen) atoms. The van der Waals surface area contributed by atoms with E-state index in [1.165, 1.54) is 18.9 Å². The Bertz CT molecular complexity index is 689. The number of thioether (sulfide) groups is 1. The van der Waals surface area contributed by atoms with Crippen LogP contribution in [0.3, 0.4) is 0 Å². The van der Waals surface area contributed by atoms with E-state index in [0.29, 0.717) is 32.1 Å². The predicted molar refractivity (Wildman–Crippen MR) is 95.4 cm³/mol. The number of amides is 1. The van der Waals surface area contributed by atoms with Crippen molar-refractivity contribution in [1.29, 1.82) is 0 Å². The zero-order valence-electron chi connectivity index (χ0n) is 12.6. The first-order valence-electron chi connectivity index (χ1n) is 6.64. The highest BCUT2D eigenvalue weighted by Gasteiger charge is 2.12. The van der Waals surface area contributed by atoms with E-state index in [9.17, 15) is 4.79 Å². The maximum absolute atomic E-state index is 12.1. The second-order valence-corrected chi connectivity index (χ2v) is 6.25. The lowest BCUT2D eigenvalue weighted by Gasteiger charge is -2.12. The van der Waals surface area contributed by atoms with Crippen LogP contribution in [0.4, 0.5) is 5.69 Å². The van der Waals surface area contributed by atoms with Gasteiger partial charge in [-0.05, 0) is 24.3 Å². The van der Waals surface area contributed by atoms with Gasteiger partial charge >= 0.3 is 0 Å². The van der Waals surface area contributed by atoms with Gasteiger partial charge in [-0.25, -0.2) is 0 Å². The number of hydrogen-bond donors (Lipinski definition) is 1. The highest BCUT2D eigenvalue weighted by Crippen LogP contribution is 2.34. The number of rotatable bonds is 6. The predicted octanol–water partition coefficient (Wildman–Crippen LogP) is 4.74. The van der Waals surface area contributed by atoms with Crippen LogP contribution in [0.25, 0.3) is 0 Å². The fraction of sp³-hybridized carbons (Fsp3) is 0.188. The van der Waals surface area contributed by atoms with Crippen molar-refractivity contribution in [1.82, 2.24) is 0 Å². The fourth-order valence-corrected chi connectivity index (χ4v) is 3.33. The molecule has 0 unspecified atom stereocenters. The molecule has 1 amide bonds. The molecule has 122 valence electrons. The molecular weight excluding hydrogens is 357 g/mol. The SMILES string of the molecule is COc1ccc(NC(=O)CSc2c(Cl)cccc2Cl)c(OC)c1. The number of halogens is 2. The summed E-state index contributed by atoms with van der Waals surface area (Å²) in [7, 11) is 3.10. The minimum atomic E-state index is -0.186. The van der Waals surface area contributed by atoms with Gasteiger partial charge in [-0.1, -0.05) is 29.3 Å². The first kappa shape index (κ1) is 17.8. The van der Waals surface area contributed by atoms with Gasteiger partial charge in [-0.2, -0.15) is 0 Å². The monoisotopic (exact) mass is 371 g/mol. The van der Waals surface area contributed by atoms with Gasteiger partial charge in [0.2, 0.25) is 5.91 Å². The Morgan fingerprint density at radius 1 is 1.13 bits per heavy atom. The summed E-state index contributed by atoms with van der Waals surface area (Å²) in [5.41, 5.74) is 0.573. The summed E-state index contributed by atoms with van der Waals surface area (Å²) < 4.78 is 10.4. The average molecular weight is 372 g/mol. The average Bonchev–Trinajstić information content (AvgIpc) is 2.54. The Kier molecular flexibility index (Phi) is 6.45. The molecule has 0 aliphatic rings. The quantitative estimate of drug-likeness (QED) is 0.744. The standard InChI is InChI=1S/C16H15Cl2NO3S/c1-21-10-6-7-13(14(8-10)22-2)19-15(20)9-23-16-11(17)4-3-5-12(16)18/h3-8H,9H2,1-2H3,(H,19,20). The Labute approximate surface area is 149 Å². The third kappa shape index (κ3) is 4.70. The summed E-state index contributed by atoms with van der Waals surface area (Å²) in [6.45, 7) is 0. The molecule has 0 fully saturated rings. The van der Waals surface area contributed by atoms with Crippen LogP contribution >= 0.6 is 35.0 Å². The van der Waals surface area contributed by atoms with E-state index < -0.39 is 0 Å². The van der Waals surface area contributed by atoms with Crippen LogP contribution in [0.5, 0.6) is 11.5 Å². The van der Waals surface area contributed by atoms with Gasteiger partial charge in [0.1, 0.15) is 11.5 Å². The van der Waals surface area contributed by atoms with E-state index in [0.717, 1.165) is 0 Å². The lowest BCUT2D eigenvalue weighted by molar-refractivity contribution is -0.113. The Morgan fingerprint density at radius 2 is 1.83 bits per heavy atom. The molecule has 0 saturated carbocycles. The molecule has 0 atom stereocenters. The summed E-state index contributed by atoms with van der Waals surface area (Å²) >= 11 is 13.4. The number of nitrogens with one attached hydrogen (secondary N) is 1. The lowest BCUT2D eigenvalue weighted by atomic mass is 10.2. The van der Waals surface area contributed by atoms with Crippen molar-refractivity contribution < 1.29 is 14.3 Å². The molecule has 0 radical (unpaired) electrons. The number of ether oxygens (including phenoxy) is 2. The lowest BCUT2D eigenvalue weighted by Crippen LogP contribution is -2.14. The van der Waals surface area contributed by atoms with Crippen molar-refractivity contribution in [3.05, 3.63) is 46.4 Å². The smallest absolute Gasteiger partial charge is 0.234 e. The molecule has 2 rings (SSSR count). The minimum Gasteiger partial charge on any atom is -0.497 e. The minimum absolute atomic E-state index is 0.179. The zero-order chi connectivity index (χ0) is 16.8. The van der Waals surface area contributed by atoms with Crippen LogP contribution in [-0.4, -0.2) is 25.9 Å². The number of methoxy groups -OCH3 is 2. The highest BCUT2D eigenvalue weighted by molar-refractivity contribution is 8.00. The van der Waals surface area contributed by atoms with Crippen molar-refractivity contribution in [2.45, 2.75) is 4.90 Å². The van der Waals surface area contributed by atoms with Crippen LogP contribution in [0, 0.1) is 0 Å². The third-order valence-corrected chi connectivity index (χ3v) is 4.94. The van der Waals surface area contributed by atoms with Crippen molar-refractivity contribution >= 4 is 46.6 Å². The van der Waals surface area contributed by atoms with E-state index in [-0.39, 0.29) is 11.7 Å². The maximum Gasteiger partial charge on any atom is 0.234 e. The normalized spacial score (nSPS) is 10.3. The molecule has 0 aromatic heterocycles. The van der Waals surface area contributed by atoms with Crippen LogP contribution in [0.15, 0.2) is 41.3 Å². The van der Waals surface area contributed by atoms with Crippen molar-refractivity contribution in [3.63, 3.8) is 0 Å². The summed E-state index contributed by atoms with van der Waals surface area (Å²) in [6.07, 6.45) is 0. The van der Waals surface area contributed by atoms with E-state index in [2.05, 4.69) is 5.32 Å². The maximum atomic E-state index is 12.1. The number of anilines is 1. The highest BCUT2D eigenvalue weighted by atomic mass is 35.5. The topological polar surface area (TPSA) is 47.6 Å².